The Bertz CT molecular complexity index is 91.3. The van der Waals surface area contributed by atoms with Gasteiger partial charge in [0.15, 0.2) is 0 Å². The first-order chi connectivity index (χ1) is 5.43. The van der Waals surface area contributed by atoms with Gasteiger partial charge in [-0.25, -0.2) is 0 Å². The number of hydrogen-bond acceptors (Lipinski definition) is 3. The second-order valence-corrected chi connectivity index (χ2v) is 2.64. The molecule has 0 aliphatic carbocycles. The predicted octanol–water partition coefficient (Wildman–Crippen LogP) is 0.828. The molecule has 11 heavy (non-hydrogen) atoms. The molecule has 1 aliphatic rings. The average Bonchev–Trinajstić information content (AvgIpc) is 2.80. The molecule has 0 aromatic heterocycles. The van der Waals surface area contributed by atoms with Gasteiger partial charge >= 0.3 is 0 Å². The number of hydrogen-bond donors (Lipinski definition) is 0. The summed E-state index contributed by atoms with van der Waals surface area (Å²) in [6.07, 6.45) is 1.45. The Morgan fingerprint density at radius 2 is 2.00 bits per heavy atom. The minimum atomic E-state index is 0.376. The summed E-state index contributed by atoms with van der Waals surface area (Å²) in [5.41, 5.74) is 0. The maximum absolute atomic E-state index is 5.25. The van der Waals surface area contributed by atoms with Crippen LogP contribution in [0.25, 0.3) is 0 Å². The van der Waals surface area contributed by atoms with E-state index in [1.54, 1.807) is 0 Å². The van der Waals surface area contributed by atoms with Gasteiger partial charge in [-0.05, 0) is 6.42 Å². The maximum Gasteiger partial charge on any atom is 0.104 e. The summed E-state index contributed by atoms with van der Waals surface area (Å²) in [6.45, 7) is 5.94. The molecule has 0 saturated carbocycles. The van der Waals surface area contributed by atoms with Crippen molar-refractivity contribution in [3.8, 4) is 0 Å². The molecule has 1 atom stereocenters. The standard InChI is InChI=1S/C8H16O3/c1-2-3-9-4-5-10-6-8-7-11-8/h8H,2-7H2,1H3. The largest absolute Gasteiger partial charge is 0.379 e. The second kappa shape index (κ2) is 5.52. The Morgan fingerprint density at radius 1 is 1.27 bits per heavy atom. The molecular weight excluding hydrogens is 144 g/mol. The maximum atomic E-state index is 5.25. The van der Waals surface area contributed by atoms with Crippen molar-refractivity contribution < 1.29 is 14.2 Å². The van der Waals surface area contributed by atoms with Crippen LogP contribution in [0.4, 0.5) is 0 Å². The van der Waals surface area contributed by atoms with Crippen molar-refractivity contribution in [1.29, 1.82) is 0 Å². The van der Waals surface area contributed by atoms with E-state index in [-0.39, 0.29) is 0 Å². The van der Waals surface area contributed by atoms with E-state index in [1.165, 1.54) is 0 Å². The summed E-state index contributed by atoms with van der Waals surface area (Å²) >= 11 is 0. The van der Waals surface area contributed by atoms with Crippen LogP contribution in [-0.4, -0.2) is 39.1 Å². The van der Waals surface area contributed by atoms with E-state index in [9.17, 15) is 0 Å². The van der Waals surface area contributed by atoms with Gasteiger partial charge in [-0.2, -0.15) is 0 Å². The Morgan fingerprint density at radius 3 is 2.64 bits per heavy atom. The molecule has 1 aliphatic heterocycles. The Hall–Kier alpha value is -0.120. The molecule has 66 valence electrons. The van der Waals surface area contributed by atoms with Crippen molar-refractivity contribution in [1.82, 2.24) is 0 Å². The lowest BCUT2D eigenvalue weighted by atomic mass is 10.5. The molecular formula is C8H16O3. The Labute approximate surface area is 67.6 Å². The van der Waals surface area contributed by atoms with Crippen LogP contribution in [0.2, 0.25) is 0 Å². The molecule has 0 amide bonds. The smallest absolute Gasteiger partial charge is 0.104 e. The van der Waals surface area contributed by atoms with Crippen molar-refractivity contribution in [3.63, 3.8) is 0 Å². The van der Waals surface area contributed by atoms with Gasteiger partial charge in [0.2, 0.25) is 0 Å². The van der Waals surface area contributed by atoms with Crippen molar-refractivity contribution in [2.45, 2.75) is 19.4 Å². The van der Waals surface area contributed by atoms with Crippen LogP contribution in [-0.2, 0) is 14.2 Å². The highest BCUT2D eigenvalue weighted by Gasteiger charge is 2.21. The van der Waals surface area contributed by atoms with Gasteiger partial charge < -0.3 is 14.2 Å². The van der Waals surface area contributed by atoms with Crippen molar-refractivity contribution in [3.05, 3.63) is 0 Å². The van der Waals surface area contributed by atoms with E-state index >= 15 is 0 Å². The zero-order chi connectivity index (χ0) is 7.94. The third kappa shape index (κ3) is 5.18. The van der Waals surface area contributed by atoms with E-state index in [0.717, 1.165) is 26.2 Å². The van der Waals surface area contributed by atoms with Crippen molar-refractivity contribution >= 4 is 0 Å². The van der Waals surface area contributed by atoms with Crippen molar-refractivity contribution in [2.24, 2.45) is 0 Å². The van der Waals surface area contributed by atoms with Crippen LogP contribution in [0.15, 0.2) is 0 Å². The third-order valence-electron chi connectivity index (χ3n) is 1.43. The highest BCUT2D eigenvalue weighted by atomic mass is 16.6. The molecule has 1 unspecified atom stereocenters. The van der Waals surface area contributed by atoms with Gasteiger partial charge in [0, 0.05) is 6.61 Å². The molecule has 1 rings (SSSR count). The molecule has 0 spiro atoms. The molecule has 3 heteroatoms. The van der Waals surface area contributed by atoms with Crippen LogP contribution in [0.1, 0.15) is 13.3 Å². The topological polar surface area (TPSA) is 31.0 Å². The minimum Gasteiger partial charge on any atom is -0.379 e. The Kier molecular flexibility index (Phi) is 4.50. The van der Waals surface area contributed by atoms with E-state index in [2.05, 4.69) is 6.92 Å². The fourth-order valence-electron chi connectivity index (χ4n) is 0.743. The summed E-state index contributed by atoms with van der Waals surface area (Å²) in [6, 6.07) is 0. The lowest BCUT2D eigenvalue weighted by Crippen LogP contribution is -2.08. The molecule has 0 N–H and O–H groups in total. The van der Waals surface area contributed by atoms with E-state index in [0.29, 0.717) is 19.3 Å². The van der Waals surface area contributed by atoms with Crippen LogP contribution in [0.3, 0.4) is 0 Å². The van der Waals surface area contributed by atoms with Gasteiger partial charge in [-0.15, -0.1) is 0 Å². The molecule has 0 aromatic carbocycles. The quantitative estimate of drug-likeness (QED) is 0.408. The molecule has 0 bridgehead atoms. The first-order valence-electron chi connectivity index (χ1n) is 4.20. The third-order valence-corrected chi connectivity index (χ3v) is 1.43. The normalized spacial score (nSPS) is 22.1. The summed E-state index contributed by atoms with van der Waals surface area (Å²) < 4.78 is 15.4. The molecule has 1 heterocycles. The molecule has 3 nitrogen and oxygen atoms in total. The van der Waals surface area contributed by atoms with Crippen LogP contribution in [0.5, 0.6) is 0 Å². The molecule has 0 radical (unpaired) electrons. The average molecular weight is 160 g/mol. The summed E-state index contributed by atoms with van der Waals surface area (Å²) in [4.78, 5) is 0. The number of ether oxygens (including phenoxy) is 3. The fraction of sp³-hybridized carbons (Fsp3) is 1.00. The first-order valence-corrected chi connectivity index (χ1v) is 4.20. The second-order valence-electron chi connectivity index (χ2n) is 2.64. The van der Waals surface area contributed by atoms with E-state index in [1.807, 2.05) is 0 Å². The first kappa shape index (κ1) is 8.97. The highest BCUT2D eigenvalue weighted by molar-refractivity contribution is 4.66. The molecule has 0 aromatic rings. The lowest BCUT2D eigenvalue weighted by Gasteiger charge is -2.02. The van der Waals surface area contributed by atoms with Gasteiger partial charge in [0.1, 0.15) is 6.10 Å². The van der Waals surface area contributed by atoms with Crippen LogP contribution >= 0.6 is 0 Å². The van der Waals surface area contributed by atoms with Crippen LogP contribution in [0, 0.1) is 0 Å². The van der Waals surface area contributed by atoms with Gasteiger partial charge in [-0.3, -0.25) is 0 Å². The summed E-state index contributed by atoms with van der Waals surface area (Å²) in [7, 11) is 0. The zero-order valence-corrected chi connectivity index (χ0v) is 7.04. The fourth-order valence-corrected chi connectivity index (χ4v) is 0.743. The van der Waals surface area contributed by atoms with Gasteiger partial charge in [-0.1, -0.05) is 6.92 Å². The number of rotatable bonds is 7. The molecule has 1 fully saturated rings. The van der Waals surface area contributed by atoms with Gasteiger partial charge in [0.25, 0.3) is 0 Å². The van der Waals surface area contributed by atoms with E-state index in [4.69, 9.17) is 14.2 Å². The predicted molar refractivity (Wildman–Crippen MR) is 41.7 cm³/mol. The van der Waals surface area contributed by atoms with Gasteiger partial charge in [0.05, 0.1) is 26.4 Å². The summed E-state index contributed by atoms with van der Waals surface area (Å²) in [5.74, 6) is 0. The zero-order valence-electron chi connectivity index (χ0n) is 7.04. The van der Waals surface area contributed by atoms with E-state index < -0.39 is 0 Å². The monoisotopic (exact) mass is 160 g/mol. The Balaban J connectivity index is 1.66. The number of epoxide rings is 1. The summed E-state index contributed by atoms with van der Waals surface area (Å²) in [5, 5.41) is 0. The lowest BCUT2D eigenvalue weighted by molar-refractivity contribution is 0.0421. The SMILES string of the molecule is CCCOCCOCC1CO1. The minimum absolute atomic E-state index is 0.376. The van der Waals surface area contributed by atoms with Crippen molar-refractivity contribution in [2.75, 3.05) is 33.0 Å². The highest BCUT2D eigenvalue weighted by Crippen LogP contribution is 2.07. The molecule has 1 saturated heterocycles. The van der Waals surface area contributed by atoms with Crippen LogP contribution < -0.4 is 0 Å².